The van der Waals surface area contributed by atoms with Gasteiger partial charge >= 0.3 is 5.97 Å². The second-order valence-electron chi connectivity index (χ2n) is 9.71. The van der Waals surface area contributed by atoms with Gasteiger partial charge in [-0.15, -0.1) is 11.3 Å². The number of carbonyl (C=O) groups excluding carboxylic acids is 1. The topological polar surface area (TPSA) is 71.5 Å². The van der Waals surface area contributed by atoms with Crippen LogP contribution in [0.1, 0.15) is 49.7 Å². The molecule has 1 aromatic heterocycles. The predicted molar refractivity (Wildman–Crippen MR) is 155 cm³/mol. The molecule has 4 aromatic rings. The van der Waals surface area contributed by atoms with E-state index in [2.05, 4.69) is 54.5 Å². The molecule has 0 saturated carbocycles. The standard InChI is InChI=1S/C30H34N2O3SSi/c1-4-35-29(33)27-28(36-22-31-27)32-26-20-12-11-14-23(26)15-13-21-30(2,3)37(34,24-16-7-5-8-17-24)25-18-9-6-10-19-25/h5-12,14,16-20,22,32,34H,4,13,15,21H2,1-3H3. The van der Waals surface area contributed by atoms with Crippen LogP contribution in [0, 0.1) is 0 Å². The highest BCUT2D eigenvalue weighted by Gasteiger charge is 2.49. The Morgan fingerprint density at radius 3 is 2.19 bits per heavy atom. The molecule has 0 spiro atoms. The molecule has 5 nitrogen and oxygen atoms in total. The van der Waals surface area contributed by atoms with Gasteiger partial charge in [0.25, 0.3) is 8.32 Å². The van der Waals surface area contributed by atoms with Gasteiger partial charge in [0, 0.05) is 5.69 Å². The highest BCUT2D eigenvalue weighted by Crippen LogP contribution is 2.40. The second-order valence-corrected chi connectivity index (χ2v) is 14.5. The molecule has 0 unspecified atom stereocenters. The molecule has 0 radical (unpaired) electrons. The number of hydrogen-bond donors (Lipinski definition) is 2. The van der Waals surface area contributed by atoms with Crippen LogP contribution in [0.5, 0.6) is 0 Å². The van der Waals surface area contributed by atoms with E-state index >= 15 is 0 Å². The minimum atomic E-state index is -3.03. The lowest BCUT2D eigenvalue weighted by Crippen LogP contribution is -2.65. The minimum absolute atomic E-state index is 0.299. The van der Waals surface area contributed by atoms with E-state index in [1.54, 1.807) is 12.4 Å². The van der Waals surface area contributed by atoms with Crippen molar-refractivity contribution >= 4 is 46.7 Å². The molecule has 3 aromatic carbocycles. The third-order valence-corrected chi connectivity index (χ3v) is 12.2. The van der Waals surface area contributed by atoms with Gasteiger partial charge in [0.2, 0.25) is 0 Å². The van der Waals surface area contributed by atoms with Gasteiger partial charge in [0.1, 0.15) is 5.00 Å². The number of aryl methyl sites for hydroxylation is 1. The number of rotatable bonds is 11. The molecule has 0 aliphatic rings. The highest BCUT2D eigenvalue weighted by molar-refractivity contribution is 7.14. The summed E-state index contributed by atoms with van der Waals surface area (Å²) in [6.45, 7) is 6.50. The summed E-state index contributed by atoms with van der Waals surface area (Å²) >= 11 is 1.38. The third-order valence-electron chi connectivity index (χ3n) is 6.91. The van der Waals surface area contributed by atoms with Crippen molar-refractivity contribution in [2.45, 2.75) is 45.1 Å². The van der Waals surface area contributed by atoms with E-state index in [4.69, 9.17) is 4.74 Å². The zero-order valence-corrected chi connectivity index (χ0v) is 23.4. The Balaban J connectivity index is 1.53. The molecule has 0 atom stereocenters. The Hall–Kier alpha value is -3.26. The van der Waals surface area contributed by atoms with Crippen LogP contribution in [0.4, 0.5) is 10.7 Å². The van der Waals surface area contributed by atoms with Gasteiger partial charge in [-0.1, -0.05) is 92.7 Å². The van der Waals surface area contributed by atoms with Gasteiger partial charge in [-0.25, -0.2) is 9.78 Å². The number of nitrogens with zero attached hydrogens (tertiary/aromatic N) is 1. The maximum Gasteiger partial charge on any atom is 0.360 e. The largest absolute Gasteiger partial charge is 0.461 e. The minimum Gasteiger partial charge on any atom is -0.461 e. The van der Waals surface area contributed by atoms with E-state index < -0.39 is 14.3 Å². The SMILES string of the molecule is CCOC(=O)c1ncsc1Nc1ccccc1CCCC(C)(C)[Si](O)(c1ccccc1)c1ccccc1. The van der Waals surface area contributed by atoms with Gasteiger partial charge < -0.3 is 14.8 Å². The number of esters is 1. The lowest BCUT2D eigenvalue weighted by molar-refractivity contribution is 0.0521. The van der Waals surface area contributed by atoms with E-state index in [0.717, 1.165) is 40.9 Å². The summed E-state index contributed by atoms with van der Waals surface area (Å²) in [5.41, 5.74) is 4.07. The predicted octanol–water partition coefficient (Wildman–Crippen LogP) is 5.92. The lowest BCUT2D eigenvalue weighted by atomic mass is 10.0. The summed E-state index contributed by atoms with van der Waals surface area (Å²) in [6.07, 6.45) is 2.62. The number of thiazole rings is 1. The molecule has 0 fully saturated rings. The average molecular weight is 531 g/mol. The Morgan fingerprint density at radius 1 is 0.973 bits per heavy atom. The van der Waals surface area contributed by atoms with Crippen LogP contribution in [0.15, 0.2) is 90.4 Å². The van der Waals surface area contributed by atoms with Crippen LogP contribution in [0.2, 0.25) is 5.04 Å². The molecule has 4 rings (SSSR count). The average Bonchev–Trinajstić information content (AvgIpc) is 3.38. The van der Waals surface area contributed by atoms with Crippen molar-refractivity contribution in [3.63, 3.8) is 0 Å². The van der Waals surface area contributed by atoms with Crippen LogP contribution in [-0.2, 0) is 11.2 Å². The molecule has 2 N–H and O–H groups in total. The quantitative estimate of drug-likeness (QED) is 0.186. The Bertz CT molecular complexity index is 1270. The zero-order chi connectivity index (χ0) is 26.3. The number of benzene rings is 3. The van der Waals surface area contributed by atoms with Crippen LogP contribution in [0.25, 0.3) is 0 Å². The molecular weight excluding hydrogens is 496 g/mol. The number of carbonyl (C=O) groups is 1. The summed E-state index contributed by atoms with van der Waals surface area (Å²) in [5, 5.41) is 5.85. The van der Waals surface area contributed by atoms with E-state index in [-0.39, 0.29) is 5.04 Å². The van der Waals surface area contributed by atoms with Crippen LogP contribution in [-0.4, -0.2) is 30.7 Å². The fourth-order valence-corrected chi connectivity index (χ4v) is 9.34. The van der Waals surface area contributed by atoms with Gasteiger partial charge in [0.15, 0.2) is 5.69 Å². The van der Waals surface area contributed by atoms with E-state index in [1.807, 2.05) is 54.6 Å². The van der Waals surface area contributed by atoms with Crippen molar-refractivity contribution in [2.75, 3.05) is 11.9 Å². The van der Waals surface area contributed by atoms with E-state index in [0.29, 0.717) is 17.3 Å². The highest BCUT2D eigenvalue weighted by atomic mass is 32.1. The number of hydrogen-bond acceptors (Lipinski definition) is 6. The van der Waals surface area contributed by atoms with Gasteiger partial charge in [-0.3, -0.25) is 0 Å². The number of para-hydroxylation sites is 1. The summed E-state index contributed by atoms with van der Waals surface area (Å²) in [5.74, 6) is -0.420. The van der Waals surface area contributed by atoms with Crippen molar-refractivity contribution in [3.8, 4) is 0 Å². The lowest BCUT2D eigenvalue weighted by Gasteiger charge is -2.41. The van der Waals surface area contributed by atoms with Gasteiger partial charge in [-0.2, -0.15) is 0 Å². The van der Waals surface area contributed by atoms with Gasteiger partial charge in [-0.05, 0) is 53.2 Å². The maximum atomic E-state index is 12.4. The van der Waals surface area contributed by atoms with E-state index in [1.165, 1.54) is 11.3 Å². The van der Waals surface area contributed by atoms with Crippen molar-refractivity contribution < 1.29 is 14.3 Å². The van der Waals surface area contributed by atoms with Crippen molar-refractivity contribution in [1.82, 2.24) is 4.98 Å². The first-order valence-electron chi connectivity index (χ1n) is 12.7. The van der Waals surface area contributed by atoms with Crippen molar-refractivity contribution in [3.05, 3.63) is 102 Å². The summed E-state index contributed by atoms with van der Waals surface area (Å²) in [6, 6.07) is 28.5. The maximum absolute atomic E-state index is 12.4. The number of nitrogens with one attached hydrogen (secondary N) is 1. The molecule has 1 heterocycles. The van der Waals surface area contributed by atoms with Crippen LogP contribution in [0.3, 0.4) is 0 Å². The molecule has 0 bridgehead atoms. The first kappa shape index (κ1) is 26.8. The molecule has 7 heteroatoms. The molecule has 192 valence electrons. The molecule has 0 aliphatic carbocycles. The Labute approximate surface area is 224 Å². The summed E-state index contributed by atoms with van der Waals surface area (Å²) < 4.78 is 5.15. The van der Waals surface area contributed by atoms with Crippen LogP contribution >= 0.6 is 11.3 Å². The second kappa shape index (κ2) is 11.9. The van der Waals surface area contributed by atoms with Crippen LogP contribution < -0.4 is 15.7 Å². The Morgan fingerprint density at radius 2 is 1.57 bits per heavy atom. The Kier molecular flexibility index (Phi) is 8.58. The van der Waals surface area contributed by atoms with E-state index in [9.17, 15) is 9.59 Å². The van der Waals surface area contributed by atoms with Gasteiger partial charge in [0.05, 0.1) is 12.1 Å². The fourth-order valence-electron chi connectivity index (χ4n) is 4.87. The third kappa shape index (κ3) is 5.85. The molecule has 0 saturated heterocycles. The monoisotopic (exact) mass is 530 g/mol. The molecule has 37 heavy (non-hydrogen) atoms. The van der Waals surface area contributed by atoms with Crippen molar-refractivity contribution in [2.24, 2.45) is 0 Å². The number of aromatic nitrogens is 1. The van der Waals surface area contributed by atoms with Crippen molar-refractivity contribution in [1.29, 1.82) is 0 Å². The zero-order valence-electron chi connectivity index (χ0n) is 21.6. The summed E-state index contributed by atoms with van der Waals surface area (Å²) in [4.78, 5) is 28.9. The molecule has 0 amide bonds. The molecule has 0 aliphatic heterocycles. The first-order chi connectivity index (χ1) is 17.9. The number of ether oxygens (including phenoxy) is 1. The number of anilines is 2. The summed E-state index contributed by atoms with van der Waals surface area (Å²) in [7, 11) is -3.03. The molecular formula is C30H34N2O3SSi. The smallest absolute Gasteiger partial charge is 0.360 e. The fraction of sp³-hybridized carbons (Fsp3) is 0.267. The normalized spacial score (nSPS) is 11.8. The first-order valence-corrected chi connectivity index (χ1v) is 15.5.